The third-order valence-corrected chi connectivity index (χ3v) is 3.68. The van der Waals surface area contributed by atoms with Crippen molar-refractivity contribution in [1.82, 2.24) is 9.88 Å². The largest absolute Gasteiger partial charge is 0.478 e. The van der Waals surface area contributed by atoms with Crippen LogP contribution in [0, 0.1) is 0 Å². The molecule has 0 saturated carbocycles. The quantitative estimate of drug-likeness (QED) is 0.858. The highest BCUT2D eigenvalue weighted by Gasteiger charge is 2.16. The summed E-state index contributed by atoms with van der Waals surface area (Å²) in [7, 11) is 0. The van der Waals surface area contributed by atoms with Crippen molar-refractivity contribution in [2.24, 2.45) is 0 Å². The summed E-state index contributed by atoms with van der Waals surface area (Å²) >= 11 is 0. The molecule has 2 N–H and O–H groups in total. The Morgan fingerprint density at radius 1 is 1.24 bits per heavy atom. The minimum atomic E-state index is -0.981. The van der Waals surface area contributed by atoms with Crippen molar-refractivity contribution < 1.29 is 14.7 Å². The third-order valence-electron chi connectivity index (χ3n) is 3.68. The van der Waals surface area contributed by atoms with E-state index >= 15 is 0 Å². The number of aromatic nitrogens is 1. The fourth-order valence-electron chi connectivity index (χ4n) is 2.47. The van der Waals surface area contributed by atoms with Crippen LogP contribution in [-0.4, -0.2) is 27.6 Å². The topological polar surface area (TPSA) is 71.3 Å². The molecule has 112 valence electrons. The highest BCUT2D eigenvalue weighted by Crippen LogP contribution is 2.21. The predicted molar refractivity (Wildman–Crippen MR) is 81.4 cm³/mol. The summed E-state index contributed by atoms with van der Waals surface area (Å²) in [5.74, 6) is -1.08. The highest BCUT2D eigenvalue weighted by molar-refractivity contribution is 6.03. The maximum Gasteiger partial charge on any atom is 0.337 e. The van der Waals surface area contributed by atoms with E-state index in [0.717, 1.165) is 18.4 Å². The molecule has 0 atom stereocenters. The lowest BCUT2D eigenvalue weighted by atomic mass is 10.2. The van der Waals surface area contributed by atoms with Crippen molar-refractivity contribution in [1.29, 1.82) is 0 Å². The van der Waals surface area contributed by atoms with Gasteiger partial charge in [0.25, 0.3) is 0 Å². The van der Waals surface area contributed by atoms with Crippen molar-refractivity contribution in [3.8, 4) is 0 Å². The Kier molecular flexibility index (Phi) is 4.62. The minimum Gasteiger partial charge on any atom is -0.478 e. The maximum absolute atomic E-state index is 12.1. The minimum absolute atomic E-state index is 0.0959. The van der Waals surface area contributed by atoms with Crippen molar-refractivity contribution in [3.05, 3.63) is 36.0 Å². The zero-order chi connectivity index (χ0) is 15.4. The number of para-hydroxylation sites is 1. The fraction of sp³-hybridized carbons (Fsp3) is 0.375. The molecule has 0 saturated heterocycles. The van der Waals surface area contributed by atoms with E-state index in [1.54, 1.807) is 16.7 Å². The lowest BCUT2D eigenvalue weighted by molar-refractivity contribution is -0.122. The van der Waals surface area contributed by atoms with Gasteiger partial charge in [-0.25, -0.2) is 4.79 Å². The Labute approximate surface area is 123 Å². The van der Waals surface area contributed by atoms with Gasteiger partial charge < -0.3 is 15.0 Å². The van der Waals surface area contributed by atoms with E-state index in [9.17, 15) is 14.7 Å². The number of rotatable bonds is 6. The summed E-state index contributed by atoms with van der Waals surface area (Å²) in [5, 5.41) is 12.9. The van der Waals surface area contributed by atoms with Gasteiger partial charge in [0.15, 0.2) is 0 Å². The standard InChI is InChI=1S/C16H20N2O3/c1-3-11(4-2)17-15(19)10-18-9-13(16(20)21)12-7-5-6-8-14(12)18/h5-9,11H,3-4,10H2,1-2H3,(H,17,19)(H,20,21). The van der Waals surface area contributed by atoms with Crippen LogP contribution in [0.2, 0.25) is 0 Å². The van der Waals surface area contributed by atoms with Crippen molar-refractivity contribution in [2.45, 2.75) is 39.3 Å². The molecular formula is C16H20N2O3. The van der Waals surface area contributed by atoms with Crippen LogP contribution in [0.15, 0.2) is 30.5 Å². The molecule has 2 aromatic rings. The number of nitrogens with zero attached hydrogens (tertiary/aromatic N) is 1. The Hall–Kier alpha value is -2.30. The predicted octanol–water partition coefficient (Wildman–Crippen LogP) is 2.64. The molecule has 1 amide bonds. The molecule has 5 nitrogen and oxygen atoms in total. The summed E-state index contributed by atoms with van der Waals surface area (Å²) in [5.41, 5.74) is 0.982. The lowest BCUT2D eigenvalue weighted by Gasteiger charge is -2.15. The van der Waals surface area contributed by atoms with Gasteiger partial charge in [0.2, 0.25) is 5.91 Å². The first-order valence-electron chi connectivity index (χ1n) is 7.17. The summed E-state index contributed by atoms with van der Waals surface area (Å²) < 4.78 is 1.69. The Morgan fingerprint density at radius 3 is 2.52 bits per heavy atom. The first kappa shape index (κ1) is 15.1. The average molecular weight is 288 g/mol. The number of amides is 1. The first-order chi connectivity index (χ1) is 10.1. The number of aromatic carboxylic acids is 1. The van der Waals surface area contributed by atoms with Crippen molar-refractivity contribution >= 4 is 22.8 Å². The smallest absolute Gasteiger partial charge is 0.337 e. The number of hydrogen-bond donors (Lipinski definition) is 2. The molecule has 1 aromatic carbocycles. The molecule has 1 aromatic heterocycles. The SMILES string of the molecule is CCC(CC)NC(=O)Cn1cc(C(=O)O)c2ccccc21. The second-order valence-corrected chi connectivity index (χ2v) is 5.07. The van der Waals surface area contributed by atoms with Gasteiger partial charge in [0.05, 0.1) is 5.56 Å². The maximum atomic E-state index is 12.1. The van der Waals surface area contributed by atoms with E-state index in [-0.39, 0.29) is 24.1 Å². The number of nitrogens with one attached hydrogen (secondary N) is 1. The molecule has 0 aliphatic carbocycles. The summed E-state index contributed by atoms with van der Waals surface area (Å²) in [6.45, 7) is 4.19. The number of fused-ring (bicyclic) bond motifs is 1. The van der Waals surface area contributed by atoms with Gasteiger partial charge in [-0.2, -0.15) is 0 Å². The monoisotopic (exact) mass is 288 g/mol. The van der Waals surface area contributed by atoms with Gasteiger partial charge in [0, 0.05) is 23.1 Å². The van der Waals surface area contributed by atoms with Crippen LogP contribution >= 0.6 is 0 Å². The third kappa shape index (κ3) is 3.24. The molecule has 1 heterocycles. The van der Waals surface area contributed by atoms with Crippen LogP contribution in [0.5, 0.6) is 0 Å². The second kappa shape index (κ2) is 6.43. The van der Waals surface area contributed by atoms with Crippen LogP contribution in [0.25, 0.3) is 10.9 Å². The van der Waals surface area contributed by atoms with Gasteiger partial charge >= 0.3 is 5.97 Å². The molecule has 5 heteroatoms. The summed E-state index contributed by atoms with van der Waals surface area (Å²) in [6, 6.07) is 7.38. The fourth-order valence-corrected chi connectivity index (χ4v) is 2.47. The van der Waals surface area contributed by atoms with Gasteiger partial charge in [-0.1, -0.05) is 32.0 Å². The van der Waals surface area contributed by atoms with Crippen molar-refractivity contribution in [3.63, 3.8) is 0 Å². The molecule has 0 fully saturated rings. The molecule has 21 heavy (non-hydrogen) atoms. The second-order valence-electron chi connectivity index (χ2n) is 5.07. The first-order valence-corrected chi connectivity index (χ1v) is 7.17. The molecule has 0 aliphatic rings. The molecule has 0 spiro atoms. The van der Waals surface area contributed by atoms with Crippen LogP contribution in [0.3, 0.4) is 0 Å². The number of hydrogen-bond acceptors (Lipinski definition) is 2. The van der Waals surface area contributed by atoms with E-state index in [1.165, 1.54) is 6.20 Å². The zero-order valence-corrected chi connectivity index (χ0v) is 12.3. The van der Waals surface area contributed by atoms with E-state index in [0.29, 0.717) is 5.39 Å². The van der Waals surface area contributed by atoms with Crippen molar-refractivity contribution in [2.75, 3.05) is 0 Å². The number of carbonyl (C=O) groups is 2. The molecular weight excluding hydrogens is 268 g/mol. The lowest BCUT2D eigenvalue weighted by Crippen LogP contribution is -2.36. The van der Waals surface area contributed by atoms with Gasteiger partial charge in [-0.3, -0.25) is 4.79 Å². The van der Waals surface area contributed by atoms with Gasteiger partial charge in [-0.05, 0) is 18.9 Å². The number of benzene rings is 1. The van der Waals surface area contributed by atoms with E-state index in [1.807, 2.05) is 26.0 Å². The molecule has 0 bridgehead atoms. The Balaban J connectivity index is 2.26. The van der Waals surface area contributed by atoms with Gasteiger partial charge in [0.1, 0.15) is 6.54 Å². The molecule has 2 rings (SSSR count). The molecule has 0 unspecified atom stereocenters. The van der Waals surface area contributed by atoms with E-state index < -0.39 is 5.97 Å². The zero-order valence-electron chi connectivity index (χ0n) is 12.3. The van der Waals surface area contributed by atoms with E-state index in [2.05, 4.69) is 5.32 Å². The van der Waals surface area contributed by atoms with Gasteiger partial charge in [-0.15, -0.1) is 0 Å². The number of carbonyl (C=O) groups excluding carboxylic acids is 1. The Bertz CT molecular complexity index is 657. The van der Waals surface area contributed by atoms with Crippen LogP contribution in [-0.2, 0) is 11.3 Å². The summed E-state index contributed by atoms with van der Waals surface area (Å²) in [4.78, 5) is 23.4. The normalized spacial score (nSPS) is 11.0. The number of carboxylic acid groups (broad SMARTS) is 1. The number of carboxylic acids is 1. The van der Waals surface area contributed by atoms with Crippen LogP contribution < -0.4 is 5.32 Å². The highest BCUT2D eigenvalue weighted by atomic mass is 16.4. The Morgan fingerprint density at radius 2 is 1.90 bits per heavy atom. The summed E-state index contributed by atoms with van der Waals surface area (Å²) in [6.07, 6.45) is 3.30. The molecule has 0 radical (unpaired) electrons. The van der Waals surface area contributed by atoms with E-state index in [4.69, 9.17) is 0 Å². The van der Waals surface area contributed by atoms with Crippen LogP contribution in [0.1, 0.15) is 37.0 Å². The van der Waals surface area contributed by atoms with Crippen LogP contribution in [0.4, 0.5) is 0 Å². The average Bonchev–Trinajstić information content (AvgIpc) is 2.84. The molecule has 0 aliphatic heterocycles.